The SMILES string of the molecule is C[C@@H](OC(=O)/C=C/c1ccc2c(c1)OCCO2)C(=O)Nc1ccccc1F. The molecule has 0 saturated carbocycles. The number of benzene rings is 2. The molecule has 2 aromatic rings. The molecular formula is C20H18FNO5. The lowest BCUT2D eigenvalue weighted by atomic mass is 10.2. The summed E-state index contributed by atoms with van der Waals surface area (Å²) in [4.78, 5) is 23.9. The molecule has 1 aliphatic heterocycles. The molecule has 0 aliphatic carbocycles. The third kappa shape index (κ3) is 4.84. The van der Waals surface area contributed by atoms with Gasteiger partial charge in [0.2, 0.25) is 0 Å². The van der Waals surface area contributed by atoms with Crippen molar-refractivity contribution in [1.82, 2.24) is 0 Å². The largest absolute Gasteiger partial charge is 0.486 e. The minimum atomic E-state index is -1.08. The highest BCUT2D eigenvalue weighted by atomic mass is 19.1. The number of rotatable bonds is 5. The van der Waals surface area contributed by atoms with Gasteiger partial charge in [0.15, 0.2) is 17.6 Å². The average molecular weight is 371 g/mol. The number of esters is 1. The second-order valence-electron chi connectivity index (χ2n) is 5.78. The molecule has 3 rings (SSSR count). The zero-order valence-electron chi connectivity index (χ0n) is 14.6. The van der Waals surface area contributed by atoms with E-state index in [1.165, 1.54) is 31.2 Å². The van der Waals surface area contributed by atoms with Crippen LogP contribution in [0.2, 0.25) is 0 Å². The number of nitrogens with one attached hydrogen (secondary N) is 1. The van der Waals surface area contributed by atoms with Gasteiger partial charge in [-0.05, 0) is 42.8 Å². The van der Waals surface area contributed by atoms with Crippen LogP contribution >= 0.6 is 0 Å². The van der Waals surface area contributed by atoms with Crippen LogP contribution in [-0.2, 0) is 14.3 Å². The Bertz CT molecular complexity index is 880. The Kier molecular flexibility index (Phi) is 5.71. The zero-order chi connectivity index (χ0) is 19.2. The zero-order valence-corrected chi connectivity index (χ0v) is 14.6. The quantitative estimate of drug-likeness (QED) is 0.646. The van der Waals surface area contributed by atoms with Gasteiger partial charge in [-0.15, -0.1) is 0 Å². The number of carbonyl (C=O) groups is 2. The third-order valence-electron chi connectivity index (χ3n) is 3.77. The molecule has 0 radical (unpaired) electrons. The van der Waals surface area contributed by atoms with Crippen LogP contribution in [0.3, 0.4) is 0 Å². The molecule has 0 spiro atoms. The van der Waals surface area contributed by atoms with E-state index in [1.54, 1.807) is 30.3 Å². The van der Waals surface area contributed by atoms with Crippen LogP contribution in [0.5, 0.6) is 11.5 Å². The Hall–Kier alpha value is -3.35. The lowest BCUT2D eigenvalue weighted by molar-refractivity contribution is -0.148. The molecule has 6 nitrogen and oxygen atoms in total. The predicted octanol–water partition coefficient (Wildman–Crippen LogP) is 3.18. The summed E-state index contributed by atoms with van der Waals surface area (Å²) in [5.41, 5.74) is 0.747. The van der Waals surface area contributed by atoms with Crippen molar-refractivity contribution in [3.63, 3.8) is 0 Å². The fourth-order valence-corrected chi connectivity index (χ4v) is 2.39. The van der Waals surface area contributed by atoms with Crippen molar-refractivity contribution in [3.05, 3.63) is 59.9 Å². The highest BCUT2D eigenvalue weighted by Gasteiger charge is 2.18. The molecule has 1 aliphatic rings. The Morgan fingerprint density at radius 2 is 1.89 bits per heavy atom. The topological polar surface area (TPSA) is 73.9 Å². The normalized spacial score (nSPS) is 13.9. The van der Waals surface area contributed by atoms with Gasteiger partial charge < -0.3 is 19.5 Å². The van der Waals surface area contributed by atoms with Crippen LogP contribution in [0.25, 0.3) is 6.08 Å². The Morgan fingerprint density at radius 1 is 1.15 bits per heavy atom. The van der Waals surface area contributed by atoms with Gasteiger partial charge in [-0.1, -0.05) is 18.2 Å². The molecule has 1 heterocycles. The van der Waals surface area contributed by atoms with Gasteiger partial charge in [-0.25, -0.2) is 9.18 Å². The van der Waals surface area contributed by atoms with Gasteiger partial charge in [-0.2, -0.15) is 0 Å². The van der Waals surface area contributed by atoms with Crippen LogP contribution in [0.4, 0.5) is 10.1 Å². The number of para-hydroxylation sites is 1. The predicted molar refractivity (Wildman–Crippen MR) is 97.0 cm³/mol. The van der Waals surface area contributed by atoms with E-state index in [2.05, 4.69) is 5.32 Å². The van der Waals surface area contributed by atoms with Crippen LogP contribution in [0.15, 0.2) is 48.5 Å². The van der Waals surface area contributed by atoms with Gasteiger partial charge in [0.05, 0.1) is 5.69 Å². The van der Waals surface area contributed by atoms with Crippen molar-refractivity contribution in [2.24, 2.45) is 0 Å². The molecule has 140 valence electrons. The van der Waals surface area contributed by atoms with Gasteiger partial charge in [0.1, 0.15) is 19.0 Å². The summed E-state index contributed by atoms with van der Waals surface area (Å²) < 4.78 is 29.5. The first-order valence-corrected chi connectivity index (χ1v) is 8.36. The molecule has 2 aromatic carbocycles. The van der Waals surface area contributed by atoms with E-state index < -0.39 is 23.8 Å². The first-order valence-electron chi connectivity index (χ1n) is 8.36. The van der Waals surface area contributed by atoms with Crippen molar-refractivity contribution >= 4 is 23.6 Å². The molecule has 1 amide bonds. The molecule has 0 saturated heterocycles. The number of carbonyl (C=O) groups excluding carboxylic acids is 2. The summed E-state index contributed by atoms with van der Waals surface area (Å²) in [5.74, 6) is -0.626. The van der Waals surface area contributed by atoms with E-state index in [9.17, 15) is 14.0 Å². The van der Waals surface area contributed by atoms with Crippen LogP contribution in [0, 0.1) is 5.82 Å². The molecule has 7 heteroatoms. The van der Waals surface area contributed by atoms with Crippen molar-refractivity contribution in [2.45, 2.75) is 13.0 Å². The Labute approximate surface area is 155 Å². The molecule has 1 atom stereocenters. The highest BCUT2D eigenvalue weighted by Crippen LogP contribution is 2.31. The molecule has 0 fully saturated rings. The Morgan fingerprint density at radius 3 is 2.67 bits per heavy atom. The fraction of sp³-hybridized carbons (Fsp3) is 0.200. The fourth-order valence-electron chi connectivity index (χ4n) is 2.39. The summed E-state index contributed by atoms with van der Waals surface area (Å²) in [6.45, 7) is 2.38. The lowest BCUT2D eigenvalue weighted by Gasteiger charge is -2.18. The number of fused-ring (bicyclic) bond motifs is 1. The van der Waals surface area contributed by atoms with Gasteiger partial charge in [-0.3, -0.25) is 4.79 Å². The summed E-state index contributed by atoms with van der Waals surface area (Å²) in [5, 5.41) is 2.38. The summed E-state index contributed by atoms with van der Waals surface area (Å²) in [7, 11) is 0. The first kappa shape index (κ1) is 18.4. The molecule has 1 N–H and O–H groups in total. The number of anilines is 1. The van der Waals surface area contributed by atoms with E-state index in [0.717, 1.165) is 5.56 Å². The van der Waals surface area contributed by atoms with Crippen LogP contribution < -0.4 is 14.8 Å². The van der Waals surface area contributed by atoms with E-state index in [1.807, 2.05) is 0 Å². The Balaban J connectivity index is 1.56. The second-order valence-corrected chi connectivity index (χ2v) is 5.78. The summed E-state index contributed by atoms with van der Waals surface area (Å²) >= 11 is 0. The van der Waals surface area contributed by atoms with Crippen molar-refractivity contribution < 1.29 is 28.2 Å². The van der Waals surface area contributed by atoms with E-state index >= 15 is 0 Å². The monoisotopic (exact) mass is 371 g/mol. The van der Waals surface area contributed by atoms with Crippen LogP contribution in [0.1, 0.15) is 12.5 Å². The number of halogens is 1. The van der Waals surface area contributed by atoms with Gasteiger partial charge >= 0.3 is 5.97 Å². The number of ether oxygens (including phenoxy) is 3. The molecule has 0 unspecified atom stereocenters. The summed E-state index contributed by atoms with van der Waals surface area (Å²) in [6.07, 6.45) is 1.67. The van der Waals surface area contributed by atoms with Gasteiger partial charge in [0.25, 0.3) is 5.91 Å². The van der Waals surface area contributed by atoms with E-state index in [4.69, 9.17) is 14.2 Å². The molecular weight excluding hydrogens is 353 g/mol. The lowest BCUT2D eigenvalue weighted by Crippen LogP contribution is -2.29. The maximum Gasteiger partial charge on any atom is 0.331 e. The minimum absolute atomic E-state index is 0.0252. The standard InChI is InChI=1S/C20H18FNO5/c1-13(20(24)22-16-5-3-2-4-15(16)21)27-19(23)9-7-14-6-8-17-18(12-14)26-11-10-25-17/h2-9,12-13H,10-11H2,1H3,(H,22,24)/b9-7+/t13-/m1/s1. The third-order valence-corrected chi connectivity index (χ3v) is 3.77. The van der Waals surface area contributed by atoms with E-state index in [-0.39, 0.29) is 5.69 Å². The van der Waals surface area contributed by atoms with Crippen LogP contribution in [-0.4, -0.2) is 31.2 Å². The maximum atomic E-state index is 13.6. The van der Waals surface area contributed by atoms with Gasteiger partial charge in [0, 0.05) is 6.08 Å². The maximum absolute atomic E-state index is 13.6. The average Bonchev–Trinajstić information content (AvgIpc) is 2.68. The first-order chi connectivity index (χ1) is 13.0. The number of hydrogen-bond acceptors (Lipinski definition) is 5. The van der Waals surface area contributed by atoms with Crippen molar-refractivity contribution in [2.75, 3.05) is 18.5 Å². The summed E-state index contributed by atoms with van der Waals surface area (Å²) in [6, 6.07) is 11.0. The highest BCUT2D eigenvalue weighted by molar-refractivity contribution is 5.96. The smallest absolute Gasteiger partial charge is 0.331 e. The molecule has 0 bridgehead atoms. The number of amides is 1. The molecule has 0 aromatic heterocycles. The van der Waals surface area contributed by atoms with Crippen molar-refractivity contribution in [3.8, 4) is 11.5 Å². The van der Waals surface area contributed by atoms with E-state index in [0.29, 0.717) is 24.7 Å². The number of hydrogen-bond donors (Lipinski definition) is 1. The minimum Gasteiger partial charge on any atom is -0.486 e. The van der Waals surface area contributed by atoms with Crippen molar-refractivity contribution in [1.29, 1.82) is 0 Å². The molecule has 27 heavy (non-hydrogen) atoms. The second kappa shape index (κ2) is 8.35.